The molecule has 0 unspecified atom stereocenters. The van der Waals surface area contributed by atoms with Crippen molar-refractivity contribution in [3.63, 3.8) is 0 Å². The monoisotopic (exact) mass is 205 g/mol. The SMILES string of the molecule is O=C1N=NC(=O)c2c1cccc2[N+](=O)[O-]. The van der Waals surface area contributed by atoms with Gasteiger partial charge >= 0.3 is 5.91 Å². The minimum Gasteiger partial charge on any atom is -0.265 e. The van der Waals surface area contributed by atoms with E-state index in [0.29, 0.717) is 0 Å². The number of rotatable bonds is 1. The largest absolute Gasteiger partial charge is 0.303 e. The molecule has 1 aliphatic heterocycles. The lowest BCUT2D eigenvalue weighted by Gasteiger charge is -2.05. The van der Waals surface area contributed by atoms with E-state index < -0.39 is 22.4 Å². The second kappa shape index (κ2) is 3.05. The van der Waals surface area contributed by atoms with Gasteiger partial charge in [-0.2, -0.15) is 0 Å². The zero-order valence-electron chi connectivity index (χ0n) is 7.21. The molecular formula is C8H3N3O4. The van der Waals surface area contributed by atoms with E-state index in [2.05, 4.69) is 10.2 Å². The van der Waals surface area contributed by atoms with Crippen LogP contribution in [0.15, 0.2) is 28.4 Å². The maximum atomic E-state index is 11.2. The van der Waals surface area contributed by atoms with E-state index >= 15 is 0 Å². The Kier molecular flexibility index (Phi) is 1.86. The summed E-state index contributed by atoms with van der Waals surface area (Å²) >= 11 is 0. The second-order valence-electron chi connectivity index (χ2n) is 2.77. The summed E-state index contributed by atoms with van der Waals surface area (Å²) < 4.78 is 0. The van der Waals surface area contributed by atoms with E-state index in [1.54, 1.807) is 0 Å². The van der Waals surface area contributed by atoms with Crippen molar-refractivity contribution in [2.24, 2.45) is 10.2 Å². The normalized spacial score (nSPS) is 13.9. The summed E-state index contributed by atoms with van der Waals surface area (Å²) in [5.74, 6) is -1.61. The topological polar surface area (TPSA) is 102 Å². The van der Waals surface area contributed by atoms with Gasteiger partial charge in [-0.1, -0.05) is 6.07 Å². The molecule has 0 N–H and O–H groups in total. The van der Waals surface area contributed by atoms with Gasteiger partial charge < -0.3 is 0 Å². The highest BCUT2D eigenvalue weighted by Crippen LogP contribution is 2.26. The number of nitro benzene ring substituents is 1. The molecule has 0 atom stereocenters. The Morgan fingerprint density at radius 3 is 2.47 bits per heavy atom. The Hall–Kier alpha value is -2.44. The molecule has 1 aromatic rings. The number of nitro groups is 1. The van der Waals surface area contributed by atoms with Crippen molar-refractivity contribution in [1.82, 2.24) is 0 Å². The first-order chi connectivity index (χ1) is 7.11. The number of nitrogens with zero attached hydrogens (tertiary/aromatic N) is 3. The Morgan fingerprint density at radius 1 is 1.13 bits per heavy atom. The minimum absolute atomic E-state index is 0.0794. The van der Waals surface area contributed by atoms with Crippen LogP contribution in [0.3, 0.4) is 0 Å². The summed E-state index contributed by atoms with van der Waals surface area (Å²) in [6.45, 7) is 0. The molecule has 7 heteroatoms. The van der Waals surface area contributed by atoms with Crippen molar-refractivity contribution in [3.8, 4) is 0 Å². The molecule has 1 aromatic carbocycles. The first-order valence-corrected chi connectivity index (χ1v) is 3.89. The first kappa shape index (κ1) is 9.13. The van der Waals surface area contributed by atoms with Crippen molar-refractivity contribution < 1.29 is 14.5 Å². The van der Waals surface area contributed by atoms with Crippen molar-refractivity contribution >= 4 is 17.5 Å². The highest BCUT2D eigenvalue weighted by molar-refractivity contribution is 6.13. The number of azo groups is 1. The molecule has 0 aromatic heterocycles. The van der Waals surface area contributed by atoms with Crippen LogP contribution >= 0.6 is 0 Å². The van der Waals surface area contributed by atoms with Crippen molar-refractivity contribution in [3.05, 3.63) is 39.4 Å². The number of hydrogen-bond donors (Lipinski definition) is 0. The Morgan fingerprint density at radius 2 is 1.80 bits per heavy atom. The van der Waals surface area contributed by atoms with Gasteiger partial charge in [0.1, 0.15) is 5.56 Å². The smallest absolute Gasteiger partial charge is 0.265 e. The molecule has 1 aliphatic rings. The molecule has 0 bridgehead atoms. The van der Waals surface area contributed by atoms with Gasteiger partial charge in [0.2, 0.25) is 0 Å². The van der Waals surface area contributed by atoms with E-state index in [1.165, 1.54) is 12.1 Å². The van der Waals surface area contributed by atoms with Gasteiger partial charge in [-0.25, -0.2) is 0 Å². The number of amides is 2. The summed E-state index contributed by atoms with van der Waals surface area (Å²) in [5.41, 5.74) is -0.795. The van der Waals surface area contributed by atoms with Crippen molar-refractivity contribution in [1.29, 1.82) is 0 Å². The van der Waals surface area contributed by atoms with E-state index in [4.69, 9.17) is 0 Å². The summed E-state index contributed by atoms with van der Waals surface area (Å²) in [5, 5.41) is 16.7. The lowest BCUT2D eigenvalue weighted by atomic mass is 10.0. The lowest BCUT2D eigenvalue weighted by molar-refractivity contribution is -0.385. The van der Waals surface area contributed by atoms with Gasteiger partial charge in [-0.15, -0.1) is 10.2 Å². The third-order valence-corrected chi connectivity index (χ3v) is 1.92. The third-order valence-electron chi connectivity index (χ3n) is 1.92. The average Bonchev–Trinajstić information content (AvgIpc) is 2.23. The Labute approximate surface area is 82.6 Å². The lowest BCUT2D eigenvalue weighted by Crippen LogP contribution is -2.13. The Bertz CT molecular complexity index is 521. The van der Waals surface area contributed by atoms with Gasteiger partial charge in [0.15, 0.2) is 0 Å². The van der Waals surface area contributed by atoms with Gasteiger partial charge in [0, 0.05) is 6.07 Å². The molecule has 0 saturated carbocycles. The molecule has 7 nitrogen and oxygen atoms in total. The predicted octanol–water partition coefficient (Wildman–Crippen LogP) is 1.34. The zero-order chi connectivity index (χ0) is 11.0. The summed E-state index contributed by atoms with van der Waals surface area (Å²) in [7, 11) is 0. The molecule has 0 radical (unpaired) electrons. The number of carbonyl (C=O) groups excluding carboxylic acids is 2. The fraction of sp³-hybridized carbons (Fsp3) is 0. The maximum Gasteiger partial charge on any atom is 0.303 e. The standard InChI is InChI=1S/C8H3N3O4/c12-7-4-2-1-3-5(11(14)15)6(4)8(13)10-9-7/h1-3H. The highest BCUT2D eigenvalue weighted by atomic mass is 16.6. The van der Waals surface area contributed by atoms with Crippen LogP contribution in [-0.2, 0) is 0 Å². The highest BCUT2D eigenvalue weighted by Gasteiger charge is 2.30. The van der Waals surface area contributed by atoms with E-state index in [0.717, 1.165) is 6.07 Å². The number of fused-ring (bicyclic) bond motifs is 1. The van der Waals surface area contributed by atoms with Crippen LogP contribution in [0.1, 0.15) is 20.7 Å². The van der Waals surface area contributed by atoms with Gasteiger partial charge in [0.05, 0.1) is 10.5 Å². The molecule has 0 fully saturated rings. The molecular weight excluding hydrogens is 202 g/mol. The van der Waals surface area contributed by atoms with Crippen LogP contribution < -0.4 is 0 Å². The van der Waals surface area contributed by atoms with Crippen LogP contribution in [0.5, 0.6) is 0 Å². The second-order valence-corrected chi connectivity index (χ2v) is 2.77. The number of hydrogen-bond acceptors (Lipinski definition) is 4. The van der Waals surface area contributed by atoms with Crippen LogP contribution in [0, 0.1) is 10.1 Å². The third kappa shape index (κ3) is 1.30. The summed E-state index contributed by atoms with van der Waals surface area (Å²) in [4.78, 5) is 32.3. The summed E-state index contributed by atoms with van der Waals surface area (Å²) in [6.07, 6.45) is 0. The van der Waals surface area contributed by atoms with Crippen LogP contribution in [-0.4, -0.2) is 16.7 Å². The minimum atomic E-state index is -0.864. The molecule has 0 spiro atoms. The zero-order valence-corrected chi connectivity index (χ0v) is 7.21. The summed E-state index contributed by atoms with van der Waals surface area (Å²) in [6, 6.07) is 3.77. The molecule has 2 amide bonds. The molecule has 74 valence electrons. The fourth-order valence-electron chi connectivity index (χ4n) is 1.29. The van der Waals surface area contributed by atoms with Gasteiger partial charge in [-0.3, -0.25) is 19.7 Å². The molecule has 1 heterocycles. The van der Waals surface area contributed by atoms with Crippen LogP contribution in [0.4, 0.5) is 5.69 Å². The van der Waals surface area contributed by atoms with E-state index in [1.807, 2.05) is 0 Å². The fourth-order valence-corrected chi connectivity index (χ4v) is 1.29. The number of benzene rings is 1. The molecule has 0 saturated heterocycles. The van der Waals surface area contributed by atoms with Crippen LogP contribution in [0.25, 0.3) is 0 Å². The molecule has 15 heavy (non-hydrogen) atoms. The van der Waals surface area contributed by atoms with Gasteiger partial charge in [0.25, 0.3) is 11.6 Å². The van der Waals surface area contributed by atoms with Crippen molar-refractivity contribution in [2.75, 3.05) is 0 Å². The number of carbonyl (C=O) groups is 2. The first-order valence-electron chi connectivity index (χ1n) is 3.89. The predicted molar refractivity (Wildman–Crippen MR) is 46.6 cm³/mol. The van der Waals surface area contributed by atoms with Crippen molar-refractivity contribution in [2.45, 2.75) is 0 Å². The van der Waals surface area contributed by atoms with E-state index in [-0.39, 0.29) is 11.1 Å². The average molecular weight is 205 g/mol. The van der Waals surface area contributed by atoms with Crippen LogP contribution in [0.2, 0.25) is 0 Å². The Balaban J connectivity index is 2.76. The molecule has 2 rings (SSSR count). The van der Waals surface area contributed by atoms with E-state index in [9.17, 15) is 19.7 Å². The van der Waals surface area contributed by atoms with Gasteiger partial charge in [-0.05, 0) is 6.07 Å². The quantitative estimate of drug-likeness (QED) is 0.509. The maximum absolute atomic E-state index is 11.2. The molecule has 0 aliphatic carbocycles.